The van der Waals surface area contributed by atoms with Gasteiger partial charge < -0.3 is 0 Å². The van der Waals surface area contributed by atoms with Gasteiger partial charge in [0.15, 0.2) is 0 Å². The summed E-state index contributed by atoms with van der Waals surface area (Å²) in [6, 6.07) is -0.157. The zero-order valence-corrected chi connectivity index (χ0v) is 11.4. The fraction of sp³-hybridized carbons (Fsp3) is 1.00. The largest absolute Gasteiger partial charge is 0.279 e. The Morgan fingerprint density at radius 3 is 2.25 bits per heavy atom. The summed E-state index contributed by atoms with van der Waals surface area (Å²) in [5, 5.41) is 0. The molecule has 0 aromatic carbocycles. The van der Waals surface area contributed by atoms with E-state index in [1.54, 1.807) is 4.31 Å². The van der Waals surface area contributed by atoms with Crippen LogP contribution in [0.1, 0.15) is 39.0 Å². The lowest BCUT2D eigenvalue weighted by atomic mass is 10.2. The van der Waals surface area contributed by atoms with Crippen LogP contribution in [0.25, 0.3) is 0 Å². The second-order valence-electron chi connectivity index (χ2n) is 4.20. The predicted octanol–water partition coefficient (Wildman–Crippen LogP) is 1.71. The van der Waals surface area contributed by atoms with E-state index < -0.39 is 10.2 Å². The minimum Gasteiger partial charge on any atom is -0.198 e. The highest BCUT2D eigenvalue weighted by atomic mass is 35.5. The lowest BCUT2D eigenvalue weighted by molar-refractivity contribution is 0.408. The van der Waals surface area contributed by atoms with Crippen molar-refractivity contribution in [3.8, 4) is 0 Å². The number of hydrogen-bond donors (Lipinski definition) is 1. The topological polar surface area (TPSA) is 49.4 Å². The minimum absolute atomic E-state index is 0.157. The Labute approximate surface area is 104 Å². The van der Waals surface area contributed by atoms with Crippen molar-refractivity contribution in [2.75, 3.05) is 19.0 Å². The Morgan fingerprint density at radius 1 is 1.25 bits per heavy atom. The lowest BCUT2D eigenvalue weighted by Gasteiger charge is -2.23. The fourth-order valence-electron chi connectivity index (χ4n) is 1.79. The molecule has 0 saturated carbocycles. The average Bonchev–Trinajstić information content (AvgIpc) is 2.54. The number of alkyl halides is 1. The first-order chi connectivity index (χ1) is 7.60. The minimum atomic E-state index is -3.33. The number of nitrogens with one attached hydrogen (secondary N) is 1. The van der Waals surface area contributed by atoms with Crippen LogP contribution in [-0.4, -0.2) is 37.7 Å². The van der Waals surface area contributed by atoms with Gasteiger partial charge in [-0.1, -0.05) is 19.8 Å². The van der Waals surface area contributed by atoms with E-state index in [9.17, 15) is 8.42 Å². The van der Waals surface area contributed by atoms with Crippen LogP contribution in [0.15, 0.2) is 0 Å². The number of nitrogens with zero attached hydrogens (tertiary/aromatic N) is 1. The monoisotopic (exact) mass is 268 g/mol. The molecule has 1 rings (SSSR count). The van der Waals surface area contributed by atoms with E-state index in [0.717, 1.165) is 32.1 Å². The second kappa shape index (κ2) is 6.79. The molecule has 1 aliphatic heterocycles. The molecule has 16 heavy (non-hydrogen) atoms. The number of halogens is 1. The van der Waals surface area contributed by atoms with E-state index in [2.05, 4.69) is 4.72 Å². The molecule has 1 unspecified atom stereocenters. The highest BCUT2D eigenvalue weighted by Crippen LogP contribution is 2.13. The highest BCUT2D eigenvalue weighted by Gasteiger charge is 2.24. The van der Waals surface area contributed by atoms with Crippen LogP contribution in [0.5, 0.6) is 0 Å². The second-order valence-corrected chi connectivity index (χ2v) is 6.21. The van der Waals surface area contributed by atoms with Crippen LogP contribution in [-0.2, 0) is 10.2 Å². The van der Waals surface area contributed by atoms with Gasteiger partial charge in [0.1, 0.15) is 0 Å². The molecule has 0 aromatic heterocycles. The van der Waals surface area contributed by atoms with Crippen molar-refractivity contribution in [1.82, 2.24) is 9.03 Å². The molecular weight excluding hydrogens is 248 g/mol. The molecule has 1 fully saturated rings. The molecule has 96 valence electrons. The summed E-state index contributed by atoms with van der Waals surface area (Å²) in [5.41, 5.74) is 0. The Kier molecular flexibility index (Phi) is 6.03. The maximum Gasteiger partial charge on any atom is 0.279 e. The zero-order valence-electron chi connectivity index (χ0n) is 9.78. The van der Waals surface area contributed by atoms with E-state index in [0.29, 0.717) is 19.0 Å². The third kappa shape index (κ3) is 4.20. The Bertz CT molecular complexity index is 283. The molecule has 0 aromatic rings. The third-order valence-electron chi connectivity index (χ3n) is 2.90. The molecule has 0 radical (unpaired) electrons. The molecule has 1 N–H and O–H groups in total. The normalized spacial score (nSPS) is 21.6. The van der Waals surface area contributed by atoms with Gasteiger partial charge in [-0.15, -0.1) is 11.6 Å². The van der Waals surface area contributed by atoms with Crippen LogP contribution in [0.4, 0.5) is 0 Å². The van der Waals surface area contributed by atoms with Gasteiger partial charge in [-0.2, -0.15) is 17.4 Å². The van der Waals surface area contributed by atoms with Crippen molar-refractivity contribution in [2.24, 2.45) is 0 Å². The smallest absolute Gasteiger partial charge is 0.198 e. The molecule has 1 heterocycles. The highest BCUT2D eigenvalue weighted by molar-refractivity contribution is 7.87. The molecule has 0 aliphatic carbocycles. The summed E-state index contributed by atoms with van der Waals surface area (Å²) < 4.78 is 28.3. The van der Waals surface area contributed by atoms with Gasteiger partial charge in [-0.05, 0) is 19.3 Å². The van der Waals surface area contributed by atoms with Gasteiger partial charge in [0.05, 0.1) is 0 Å². The summed E-state index contributed by atoms with van der Waals surface area (Å²) >= 11 is 5.70. The van der Waals surface area contributed by atoms with Crippen molar-refractivity contribution in [3.05, 3.63) is 0 Å². The first-order valence-corrected chi connectivity index (χ1v) is 7.91. The van der Waals surface area contributed by atoms with Crippen molar-refractivity contribution < 1.29 is 8.42 Å². The summed E-state index contributed by atoms with van der Waals surface area (Å²) in [4.78, 5) is 0. The zero-order chi connectivity index (χ0) is 12.0. The molecule has 0 spiro atoms. The first kappa shape index (κ1) is 14.2. The SMILES string of the molecule is CCC(CCl)NS(=O)(=O)N1CCCCCC1. The Morgan fingerprint density at radius 2 is 1.81 bits per heavy atom. The lowest BCUT2D eigenvalue weighted by Crippen LogP contribution is -2.46. The standard InChI is InChI=1S/C10H21ClN2O2S/c1-2-10(9-11)12-16(14,15)13-7-5-3-4-6-8-13/h10,12H,2-9H2,1H3. The van der Waals surface area contributed by atoms with E-state index in [1.165, 1.54) is 0 Å². The van der Waals surface area contributed by atoms with Gasteiger partial charge in [-0.3, -0.25) is 0 Å². The van der Waals surface area contributed by atoms with Crippen molar-refractivity contribution in [1.29, 1.82) is 0 Å². The fourth-order valence-corrected chi connectivity index (χ4v) is 3.74. The summed E-state index contributed by atoms with van der Waals surface area (Å²) in [5.74, 6) is 0.323. The van der Waals surface area contributed by atoms with E-state index in [4.69, 9.17) is 11.6 Å². The average molecular weight is 269 g/mol. The summed E-state index contributed by atoms with van der Waals surface area (Å²) in [6.45, 7) is 3.19. The van der Waals surface area contributed by atoms with Crippen LogP contribution >= 0.6 is 11.6 Å². The summed E-state index contributed by atoms with van der Waals surface area (Å²) in [6.07, 6.45) is 4.88. The predicted molar refractivity (Wildman–Crippen MR) is 66.9 cm³/mol. The number of hydrogen-bond acceptors (Lipinski definition) is 2. The first-order valence-electron chi connectivity index (χ1n) is 5.93. The van der Waals surface area contributed by atoms with Gasteiger partial charge in [0, 0.05) is 25.0 Å². The molecule has 0 bridgehead atoms. The Hall–Kier alpha value is 0.160. The van der Waals surface area contributed by atoms with Crippen molar-refractivity contribution in [3.63, 3.8) is 0 Å². The van der Waals surface area contributed by atoms with Gasteiger partial charge in [-0.25, -0.2) is 0 Å². The number of rotatable bonds is 5. The van der Waals surface area contributed by atoms with E-state index in [1.807, 2.05) is 6.92 Å². The van der Waals surface area contributed by atoms with Crippen molar-refractivity contribution >= 4 is 21.8 Å². The molecule has 0 amide bonds. The van der Waals surface area contributed by atoms with Gasteiger partial charge in [0.2, 0.25) is 0 Å². The molecule has 4 nitrogen and oxygen atoms in total. The van der Waals surface area contributed by atoms with Crippen LogP contribution < -0.4 is 4.72 Å². The maximum absolute atomic E-state index is 12.0. The van der Waals surface area contributed by atoms with Gasteiger partial charge >= 0.3 is 0 Å². The Balaban J connectivity index is 2.60. The van der Waals surface area contributed by atoms with Crippen molar-refractivity contribution in [2.45, 2.75) is 45.1 Å². The molecule has 1 atom stereocenters. The third-order valence-corrected chi connectivity index (χ3v) is 4.95. The van der Waals surface area contributed by atoms with Crippen LogP contribution in [0.2, 0.25) is 0 Å². The van der Waals surface area contributed by atoms with Gasteiger partial charge in [0.25, 0.3) is 10.2 Å². The van der Waals surface area contributed by atoms with E-state index >= 15 is 0 Å². The summed E-state index contributed by atoms with van der Waals surface area (Å²) in [7, 11) is -3.33. The molecular formula is C10H21ClN2O2S. The van der Waals surface area contributed by atoms with Crippen LogP contribution in [0.3, 0.4) is 0 Å². The quantitative estimate of drug-likeness (QED) is 0.772. The maximum atomic E-state index is 12.0. The molecule has 6 heteroatoms. The van der Waals surface area contributed by atoms with E-state index in [-0.39, 0.29) is 6.04 Å². The molecule has 1 aliphatic rings. The van der Waals surface area contributed by atoms with Crippen LogP contribution in [0, 0.1) is 0 Å². The molecule has 1 saturated heterocycles.